The minimum atomic E-state index is -1.56. The number of benzene rings is 1. The van der Waals surface area contributed by atoms with Crippen molar-refractivity contribution in [2.24, 2.45) is 0 Å². The number of hydrogen-bond acceptors (Lipinski definition) is 3. The first kappa shape index (κ1) is 10.5. The predicted octanol–water partition coefficient (Wildman–Crippen LogP) is 1.12. The van der Waals surface area contributed by atoms with Crippen LogP contribution in [-0.2, 0) is 4.79 Å². The average Bonchev–Trinajstić information content (AvgIpc) is 2.11. The molecule has 76 valence electrons. The van der Waals surface area contributed by atoms with Crippen LogP contribution in [0.5, 0.6) is 0 Å². The van der Waals surface area contributed by atoms with Gasteiger partial charge in [-0.2, -0.15) is 0 Å². The van der Waals surface area contributed by atoms with Gasteiger partial charge in [-0.15, -0.1) is 0 Å². The molecule has 0 saturated carbocycles. The van der Waals surface area contributed by atoms with E-state index in [1.165, 1.54) is 0 Å². The Morgan fingerprint density at radius 1 is 1.36 bits per heavy atom. The molecule has 0 spiro atoms. The molecule has 1 rings (SSSR count). The summed E-state index contributed by atoms with van der Waals surface area (Å²) in [6.07, 6.45) is -1.56. The summed E-state index contributed by atoms with van der Waals surface area (Å²) in [6, 6.07) is 5.58. The van der Waals surface area contributed by atoms with Gasteiger partial charge in [-0.3, -0.25) is 0 Å². The highest BCUT2D eigenvalue weighted by atomic mass is 16.4. The van der Waals surface area contributed by atoms with Gasteiger partial charge in [0.15, 0.2) is 0 Å². The SMILES string of the molecule is Cc1cccc(C)c1NC(O)C(=O)O. The Bertz CT molecular complexity index is 329. The molecule has 4 nitrogen and oxygen atoms in total. The number of aliphatic carboxylic acids is 1. The predicted molar refractivity (Wildman–Crippen MR) is 53.2 cm³/mol. The molecule has 4 heteroatoms. The molecule has 0 amide bonds. The smallest absolute Gasteiger partial charge is 0.353 e. The molecule has 0 bridgehead atoms. The van der Waals surface area contributed by atoms with E-state index in [1.54, 1.807) is 0 Å². The maximum atomic E-state index is 10.4. The molecule has 0 aliphatic carbocycles. The highest BCUT2D eigenvalue weighted by Crippen LogP contribution is 2.19. The van der Waals surface area contributed by atoms with Gasteiger partial charge >= 0.3 is 5.97 Å². The number of anilines is 1. The Kier molecular flexibility index (Phi) is 3.09. The highest BCUT2D eigenvalue weighted by Gasteiger charge is 2.14. The van der Waals surface area contributed by atoms with Crippen LogP contribution < -0.4 is 5.32 Å². The molecule has 1 aromatic rings. The minimum Gasteiger partial charge on any atom is -0.478 e. The van der Waals surface area contributed by atoms with Crippen molar-refractivity contribution in [3.63, 3.8) is 0 Å². The number of hydrogen-bond donors (Lipinski definition) is 3. The lowest BCUT2D eigenvalue weighted by atomic mass is 10.1. The van der Waals surface area contributed by atoms with Gasteiger partial charge in [0, 0.05) is 5.69 Å². The highest BCUT2D eigenvalue weighted by molar-refractivity contribution is 5.76. The summed E-state index contributed by atoms with van der Waals surface area (Å²) in [5.41, 5.74) is 2.48. The third-order valence-electron chi connectivity index (χ3n) is 2.00. The first-order valence-electron chi connectivity index (χ1n) is 4.26. The van der Waals surface area contributed by atoms with Gasteiger partial charge in [0.2, 0.25) is 6.23 Å². The average molecular weight is 195 g/mol. The van der Waals surface area contributed by atoms with Crippen molar-refractivity contribution in [1.29, 1.82) is 0 Å². The summed E-state index contributed by atoms with van der Waals surface area (Å²) in [5.74, 6) is -1.28. The van der Waals surface area contributed by atoms with E-state index in [-0.39, 0.29) is 0 Å². The fraction of sp³-hybridized carbons (Fsp3) is 0.300. The Hall–Kier alpha value is -1.55. The summed E-state index contributed by atoms with van der Waals surface area (Å²) < 4.78 is 0. The number of carboxylic acids is 1. The van der Waals surface area contributed by atoms with Crippen LogP contribution in [-0.4, -0.2) is 22.4 Å². The first-order chi connectivity index (χ1) is 6.52. The molecular formula is C10H13NO3. The molecule has 1 aromatic carbocycles. The molecule has 14 heavy (non-hydrogen) atoms. The lowest BCUT2D eigenvalue weighted by Crippen LogP contribution is -2.29. The lowest BCUT2D eigenvalue weighted by Gasteiger charge is -2.14. The normalized spacial score (nSPS) is 12.2. The summed E-state index contributed by atoms with van der Waals surface area (Å²) in [6.45, 7) is 3.70. The van der Waals surface area contributed by atoms with Gasteiger partial charge < -0.3 is 15.5 Å². The second-order valence-corrected chi connectivity index (χ2v) is 3.15. The Balaban J connectivity index is 2.91. The monoisotopic (exact) mass is 195 g/mol. The van der Waals surface area contributed by atoms with Crippen LogP contribution in [0.1, 0.15) is 11.1 Å². The molecular weight excluding hydrogens is 182 g/mol. The lowest BCUT2D eigenvalue weighted by molar-refractivity contribution is -0.145. The zero-order chi connectivity index (χ0) is 10.7. The van der Waals surface area contributed by atoms with Crippen molar-refractivity contribution >= 4 is 11.7 Å². The van der Waals surface area contributed by atoms with Crippen molar-refractivity contribution < 1.29 is 15.0 Å². The Morgan fingerprint density at radius 3 is 2.29 bits per heavy atom. The van der Waals surface area contributed by atoms with Crippen LogP contribution >= 0.6 is 0 Å². The van der Waals surface area contributed by atoms with Gasteiger partial charge in [0.1, 0.15) is 0 Å². The fourth-order valence-corrected chi connectivity index (χ4v) is 1.24. The van der Waals surface area contributed by atoms with E-state index in [1.807, 2.05) is 32.0 Å². The minimum absolute atomic E-state index is 0.669. The van der Waals surface area contributed by atoms with E-state index in [9.17, 15) is 4.79 Å². The number of aryl methyl sites for hydroxylation is 2. The zero-order valence-electron chi connectivity index (χ0n) is 8.11. The van der Waals surface area contributed by atoms with Gasteiger partial charge in [0.05, 0.1) is 0 Å². The number of rotatable bonds is 3. The molecule has 0 aliphatic heterocycles. The molecule has 0 aromatic heterocycles. The van der Waals surface area contributed by atoms with Crippen LogP contribution in [0, 0.1) is 13.8 Å². The Labute approximate surface area is 82.2 Å². The molecule has 1 unspecified atom stereocenters. The van der Waals surface area contributed by atoms with E-state index in [2.05, 4.69) is 5.32 Å². The number of aliphatic hydroxyl groups is 1. The maximum absolute atomic E-state index is 10.4. The number of carboxylic acid groups (broad SMARTS) is 1. The fourth-order valence-electron chi connectivity index (χ4n) is 1.24. The largest absolute Gasteiger partial charge is 0.478 e. The van der Waals surface area contributed by atoms with Crippen LogP contribution in [0.15, 0.2) is 18.2 Å². The third-order valence-corrected chi connectivity index (χ3v) is 2.00. The number of aliphatic hydroxyl groups excluding tert-OH is 1. The van der Waals surface area contributed by atoms with Crippen LogP contribution in [0.2, 0.25) is 0 Å². The Morgan fingerprint density at radius 2 is 1.86 bits per heavy atom. The van der Waals surface area contributed by atoms with Crippen molar-refractivity contribution in [2.45, 2.75) is 20.1 Å². The van der Waals surface area contributed by atoms with Crippen LogP contribution in [0.3, 0.4) is 0 Å². The van der Waals surface area contributed by atoms with Gasteiger partial charge in [-0.25, -0.2) is 4.79 Å². The van der Waals surface area contributed by atoms with Crippen LogP contribution in [0.25, 0.3) is 0 Å². The van der Waals surface area contributed by atoms with E-state index in [0.717, 1.165) is 11.1 Å². The van der Waals surface area contributed by atoms with E-state index < -0.39 is 12.2 Å². The van der Waals surface area contributed by atoms with Gasteiger partial charge in [-0.05, 0) is 25.0 Å². The standard InChI is InChI=1S/C10H13NO3/c1-6-4-3-5-7(2)8(6)11-9(12)10(13)14/h3-5,9,11-12H,1-2H3,(H,13,14). The van der Waals surface area contributed by atoms with Crippen molar-refractivity contribution in [2.75, 3.05) is 5.32 Å². The van der Waals surface area contributed by atoms with E-state index in [0.29, 0.717) is 5.69 Å². The molecule has 0 heterocycles. The van der Waals surface area contributed by atoms with E-state index >= 15 is 0 Å². The molecule has 0 radical (unpaired) electrons. The van der Waals surface area contributed by atoms with Crippen LogP contribution in [0.4, 0.5) is 5.69 Å². The number of para-hydroxylation sites is 1. The quantitative estimate of drug-likeness (QED) is 0.632. The first-order valence-corrected chi connectivity index (χ1v) is 4.26. The van der Waals surface area contributed by atoms with Crippen molar-refractivity contribution in [3.8, 4) is 0 Å². The molecule has 0 saturated heterocycles. The summed E-state index contributed by atoms with van der Waals surface area (Å²) in [7, 11) is 0. The molecule has 1 atom stereocenters. The van der Waals surface area contributed by atoms with Gasteiger partial charge in [0.25, 0.3) is 0 Å². The second kappa shape index (κ2) is 4.11. The third kappa shape index (κ3) is 2.23. The summed E-state index contributed by atoms with van der Waals surface area (Å²) >= 11 is 0. The molecule has 0 aliphatic rings. The zero-order valence-corrected chi connectivity index (χ0v) is 8.11. The number of carbonyl (C=O) groups is 1. The molecule has 3 N–H and O–H groups in total. The molecule has 0 fully saturated rings. The number of nitrogens with one attached hydrogen (secondary N) is 1. The second-order valence-electron chi connectivity index (χ2n) is 3.15. The van der Waals surface area contributed by atoms with E-state index in [4.69, 9.17) is 10.2 Å². The summed E-state index contributed by atoms with van der Waals surface area (Å²) in [5, 5.41) is 20.2. The van der Waals surface area contributed by atoms with Crippen molar-refractivity contribution in [3.05, 3.63) is 29.3 Å². The van der Waals surface area contributed by atoms with Crippen molar-refractivity contribution in [1.82, 2.24) is 0 Å². The topological polar surface area (TPSA) is 69.6 Å². The maximum Gasteiger partial charge on any atom is 0.353 e. The van der Waals surface area contributed by atoms with Gasteiger partial charge in [-0.1, -0.05) is 18.2 Å². The summed E-state index contributed by atoms with van der Waals surface area (Å²) in [4.78, 5) is 10.4.